The minimum absolute atomic E-state index is 0.283. The van der Waals surface area contributed by atoms with Crippen molar-refractivity contribution in [2.24, 2.45) is 5.73 Å². The zero-order valence-corrected chi connectivity index (χ0v) is 11.6. The lowest BCUT2D eigenvalue weighted by atomic mass is 9.97. The van der Waals surface area contributed by atoms with Crippen LogP contribution in [0, 0.1) is 0 Å². The van der Waals surface area contributed by atoms with Gasteiger partial charge >= 0.3 is 0 Å². The van der Waals surface area contributed by atoms with Gasteiger partial charge in [-0.05, 0) is 25.7 Å². The van der Waals surface area contributed by atoms with Crippen LogP contribution in [0.5, 0.6) is 0 Å². The summed E-state index contributed by atoms with van der Waals surface area (Å²) in [7, 11) is 0. The summed E-state index contributed by atoms with van der Waals surface area (Å²) in [5.74, 6) is 0. The van der Waals surface area contributed by atoms with Crippen molar-refractivity contribution in [3.8, 4) is 0 Å². The van der Waals surface area contributed by atoms with Gasteiger partial charge in [0.2, 0.25) is 0 Å². The lowest BCUT2D eigenvalue weighted by molar-refractivity contribution is -0.00145. The maximum absolute atomic E-state index is 6.19. The summed E-state index contributed by atoms with van der Waals surface area (Å²) in [5.41, 5.74) is 6.19. The van der Waals surface area contributed by atoms with Crippen LogP contribution in [0.25, 0.3) is 0 Å². The summed E-state index contributed by atoms with van der Waals surface area (Å²) in [6.45, 7) is 3.19. The van der Waals surface area contributed by atoms with Crippen molar-refractivity contribution >= 4 is 0 Å². The topological polar surface area (TPSA) is 35.2 Å². The Labute approximate surface area is 107 Å². The van der Waals surface area contributed by atoms with Gasteiger partial charge in [0.1, 0.15) is 0 Å². The van der Waals surface area contributed by atoms with E-state index in [1.165, 1.54) is 64.2 Å². The van der Waals surface area contributed by atoms with E-state index in [-0.39, 0.29) is 6.04 Å². The lowest BCUT2D eigenvalue weighted by Crippen LogP contribution is -2.38. The molecule has 0 saturated carbocycles. The number of rotatable bonds is 9. The van der Waals surface area contributed by atoms with E-state index in [1.807, 2.05) is 0 Å². The molecule has 0 aromatic carbocycles. The van der Waals surface area contributed by atoms with Crippen LogP contribution < -0.4 is 5.73 Å². The molecule has 1 saturated heterocycles. The van der Waals surface area contributed by atoms with Crippen LogP contribution in [0.3, 0.4) is 0 Å². The van der Waals surface area contributed by atoms with Crippen LogP contribution in [0.1, 0.15) is 77.6 Å². The fourth-order valence-corrected chi connectivity index (χ4v) is 2.63. The number of hydrogen-bond acceptors (Lipinski definition) is 2. The summed E-state index contributed by atoms with van der Waals surface area (Å²) in [4.78, 5) is 0. The van der Waals surface area contributed by atoms with Crippen LogP contribution in [-0.2, 0) is 4.74 Å². The minimum Gasteiger partial charge on any atom is -0.377 e. The molecule has 0 bridgehead atoms. The summed E-state index contributed by atoms with van der Waals surface area (Å²) in [6, 6.07) is 0.283. The first-order valence-corrected chi connectivity index (χ1v) is 7.71. The van der Waals surface area contributed by atoms with E-state index in [0.29, 0.717) is 6.10 Å². The van der Waals surface area contributed by atoms with E-state index in [0.717, 1.165) is 13.0 Å². The lowest BCUT2D eigenvalue weighted by Gasteiger charge is -2.27. The van der Waals surface area contributed by atoms with Gasteiger partial charge in [0.05, 0.1) is 6.10 Å². The Balaban J connectivity index is 1.90. The highest BCUT2D eigenvalue weighted by molar-refractivity contribution is 4.76. The maximum Gasteiger partial charge on any atom is 0.0725 e. The quantitative estimate of drug-likeness (QED) is 0.619. The third-order valence-electron chi connectivity index (χ3n) is 3.83. The summed E-state index contributed by atoms with van der Waals surface area (Å²) in [6.07, 6.45) is 14.8. The number of unbranched alkanes of at least 4 members (excludes halogenated alkanes) is 6. The summed E-state index contributed by atoms with van der Waals surface area (Å²) >= 11 is 0. The number of hydrogen-bond donors (Lipinski definition) is 1. The first kappa shape index (κ1) is 15.0. The van der Waals surface area contributed by atoms with Gasteiger partial charge in [-0.2, -0.15) is 0 Å². The third kappa shape index (κ3) is 7.05. The van der Waals surface area contributed by atoms with Crippen LogP contribution in [-0.4, -0.2) is 18.8 Å². The van der Waals surface area contributed by atoms with Gasteiger partial charge in [0, 0.05) is 12.6 Å². The average molecular weight is 241 g/mol. The van der Waals surface area contributed by atoms with Gasteiger partial charge in [-0.3, -0.25) is 0 Å². The molecule has 1 aliphatic rings. The van der Waals surface area contributed by atoms with E-state index in [4.69, 9.17) is 10.5 Å². The van der Waals surface area contributed by atoms with Crippen molar-refractivity contribution < 1.29 is 4.74 Å². The maximum atomic E-state index is 6.19. The van der Waals surface area contributed by atoms with Crippen molar-refractivity contribution in [1.82, 2.24) is 0 Å². The second kappa shape index (κ2) is 9.90. The van der Waals surface area contributed by atoms with E-state index in [9.17, 15) is 0 Å². The molecule has 1 rings (SSSR count). The molecular weight excluding hydrogens is 210 g/mol. The normalized spacial score (nSPS) is 22.6. The molecule has 1 fully saturated rings. The smallest absolute Gasteiger partial charge is 0.0725 e. The fourth-order valence-electron chi connectivity index (χ4n) is 2.63. The second-order valence-corrected chi connectivity index (χ2v) is 5.48. The Bertz CT molecular complexity index is 166. The third-order valence-corrected chi connectivity index (χ3v) is 3.83. The van der Waals surface area contributed by atoms with Crippen LogP contribution in [0.15, 0.2) is 0 Å². The largest absolute Gasteiger partial charge is 0.377 e. The Morgan fingerprint density at radius 2 is 1.76 bits per heavy atom. The van der Waals surface area contributed by atoms with E-state index in [2.05, 4.69) is 6.92 Å². The molecule has 2 N–H and O–H groups in total. The van der Waals surface area contributed by atoms with Gasteiger partial charge < -0.3 is 10.5 Å². The van der Waals surface area contributed by atoms with Gasteiger partial charge in [-0.15, -0.1) is 0 Å². The molecule has 2 nitrogen and oxygen atoms in total. The van der Waals surface area contributed by atoms with E-state index in [1.54, 1.807) is 0 Å². The predicted molar refractivity (Wildman–Crippen MR) is 74.2 cm³/mol. The molecule has 102 valence electrons. The Morgan fingerprint density at radius 3 is 2.41 bits per heavy atom. The molecule has 0 amide bonds. The van der Waals surface area contributed by atoms with Crippen molar-refractivity contribution in [3.63, 3.8) is 0 Å². The van der Waals surface area contributed by atoms with Crippen molar-refractivity contribution in [2.75, 3.05) is 6.61 Å². The van der Waals surface area contributed by atoms with Crippen molar-refractivity contribution in [3.05, 3.63) is 0 Å². The van der Waals surface area contributed by atoms with Crippen LogP contribution >= 0.6 is 0 Å². The van der Waals surface area contributed by atoms with Crippen LogP contribution in [0.2, 0.25) is 0 Å². The first-order valence-electron chi connectivity index (χ1n) is 7.71. The van der Waals surface area contributed by atoms with Gasteiger partial charge in [-0.1, -0.05) is 51.9 Å². The molecule has 0 aromatic rings. The van der Waals surface area contributed by atoms with Gasteiger partial charge in [0.15, 0.2) is 0 Å². The molecule has 0 spiro atoms. The van der Waals surface area contributed by atoms with E-state index >= 15 is 0 Å². The van der Waals surface area contributed by atoms with E-state index < -0.39 is 0 Å². The molecule has 1 aliphatic heterocycles. The first-order chi connectivity index (χ1) is 8.34. The van der Waals surface area contributed by atoms with Crippen molar-refractivity contribution in [1.29, 1.82) is 0 Å². The molecule has 2 unspecified atom stereocenters. The predicted octanol–water partition coefficient (Wildman–Crippen LogP) is 4.02. The monoisotopic (exact) mass is 241 g/mol. The number of nitrogens with two attached hydrogens (primary N) is 1. The SMILES string of the molecule is CCCCCCCCCC(N)C1CCCCO1. The van der Waals surface area contributed by atoms with Gasteiger partial charge in [0.25, 0.3) is 0 Å². The van der Waals surface area contributed by atoms with Crippen molar-refractivity contribution in [2.45, 2.75) is 89.7 Å². The molecule has 1 heterocycles. The molecule has 2 atom stereocenters. The highest BCUT2D eigenvalue weighted by Crippen LogP contribution is 2.18. The standard InChI is InChI=1S/C15H31NO/c1-2-3-4-5-6-7-8-11-14(16)15-12-9-10-13-17-15/h14-15H,2-13,16H2,1H3. The minimum atomic E-state index is 0.283. The Morgan fingerprint density at radius 1 is 1.06 bits per heavy atom. The molecule has 2 heteroatoms. The number of ether oxygens (including phenoxy) is 1. The summed E-state index contributed by atoms with van der Waals surface area (Å²) in [5, 5.41) is 0. The highest BCUT2D eigenvalue weighted by Gasteiger charge is 2.20. The average Bonchev–Trinajstić information content (AvgIpc) is 2.38. The molecule has 0 aliphatic carbocycles. The van der Waals surface area contributed by atoms with Gasteiger partial charge in [-0.25, -0.2) is 0 Å². The zero-order valence-electron chi connectivity index (χ0n) is 11.6. The highest BCUT2D eigenvalue weighted by atomic mass is 16.5. The Kier molecular flexibility index (Phi) is 8.72. The fraction of sp³-hybridized carbons (Fsp3) is 1.00. The molecule has 17 heavy (non-hydrogen) atoms. The Hall–Kier alpha value is -0.0800. The van der Waals surface area contributed by atoms with Crippen LogP contribution in [0.4, 0.5) is 0 Å². The molecule has 0 radical (unpaired) electrons. The summed E-state index contributed by atoms with van der Waals surface area (Å²) < 4.78 is 5.72. The zero-order chi connectivity index (χ0) is 12.3. The molecular formula is C15H31NO. The second-order valence-electron chi connectivity index (χ2n) is 5.48. The molecule has 0 aromatic heterocycles.